The number of aliphatic hydroxyl groups is 4. The van der Waals surface area contributed by atoms with Gasteiger partial charge in [-0.25, -0.2) is 9.59 Å². The van der Waals surface area contributed by atoms with Crippen LogP contribution in [0.2, 0.25) is 0 Å². The Kier molecular flexibility index (Phi) is 7.74. The summed E-state index contributed by atoms with van der Waals surface area (Å²) in [5, 5.41) is 54.9. The molecule has 5 N–H and O–H groups in total. The van der Waals surface area contributed by atoms with Gasteiger partial charge in [0.1, 0.15) is 53.0 Å². The summed E-state index contributed by atoms with van der Waals surface area (Å²) in [5.74, 6) is -0.452. The van der Waals surface area contributed by atoms with Gasteiger partial charge >= 0.3 is 11.3 Å². The van der Waals surface area contributed by atoms with Crippen molar-refractivity contribution in [3.8, 4) is 11.5 Å². The predicted molar refractivity (Wildman–Crippen MR) is 163 cm³/mol. The second-order valence-electron chi connectivity index (χ2n) is 11.5. The molecular weight excluding hydrogens is 676 g/mol. The Morgan fingerprint density at radius 1 is 0.739 bits per heavy atom. The minimum Gasteiger partial charge on any atom is -0.506 e. The molecule has 3 aromatic carbocycles. The molecule has 15 heteroatoms. The van der Waals surface area contributed by atoms with Crippen LogP contribution >= 0.6 is 15.9 Å². The lowest BCUT2D eigenvalue weighted by atomic mass is 9.97. The van der Waals surface area contributed by atoms with Crippen molar-refractivity contribution in [2.75, 3.05) is 7.11 Å². The highest BCUT2D eigenvalue weighted by molar-refractivity contribution is 9.10. The fourth-order valence-corrected chi connectivity index (χ4v) is 6.88. The average molecular weight is 705 g/mol. The van der Waals surface area contributed by atoms with E-state index in [0.29, 0.717) is 4.47 Å². The third kappa shape index (κ3) is 4.61. The van der Waals surface area contributed by atoms with Crippen LogP contribution in [-0.2, 0) is 18.9 Å². The number of ether oxygens (including phenoxy) is 5. The number of halogens is 1. The number of phenolic OH excluding ortho intramolecular Hbond substituents is 1. The van der Waals surface area contributed by atoms with Crippen molar-refractivity contribution in [3.05, 3.63) is 55.6 Å². The number of hydrogen-bond donors (Lipinski definition) is 5. The van der Waals surface area contributed by atoms with Crippen LogP contribution < -0.4 is 16.0 Å². The molecule has 4 heterocycles. The van der Waals surface area contributed by atoms with Crippen molar-refractivity contribution < 1.29 is 58.1 Å². The standard InChI is InChI=1S/C31H29BrO14/c1-9-20(33)23(36)27(46-30-24(37)26(40-3)21(34)10(2)41-30)31(42-9)44-13-6-4-5-11-15(13)25-18-17-14(43-29(39)19(18)22(11)35)8-7-12(32)16(17)28(38)45-25/h4-10,20-21,23-24,26-27,30-31,33-37H,1-3H3/t9?,10?,20-,21-,23-,24+,26?,27?,30+,31-/m0/s1. The van der Waals surface area contributed by atoms with Gasteiger partial charge in [-0.3, -0.25) is 0 Å². The van der Waals surface area contributed by atoms with Crippen LogP contribution in [0.5, 0.6) is 11.5 Å². The van der Waals surface area contributed by atoms with Gasteiger partial charge in [-0.05, 0) is 48.0 Å². The summed E-state index contributed by atoms with van der Waals surface area (Å²) in [6.07, 6.45) is -13.0. The van der Waals surface area contributed by atoms with Gasteiger partial charge in [0.15, 0.2) is 18.0 Å². The fourth-order valence-electron chi connectivity index (χ4n) is 6.39. The maximum Gasteiger partial charge on any atom is 0.348 e. The quantitative estimate of drug-likeness (QED) is 0.101. The largest absolute Gasteiger partial charge is 0.506 e. The summed E-state index contributed by atoms with van der Waals surface area (Å²) in [6, 6.07) is 7.54. The normalized spacial score (nSPS) is 32.2. The van der Waals surface area contributed by atoms with Crippen LogP contribution in [0.15, 0.2) is 53.2 Å². The fraction of sp³-hybridized carbons (Fsp3) is 0.419. The lowest BCUT2D eigenvalue weighted by Gasteiger charge is -2.46. The van der Waals surface area contributed by atoms with E-state index in [2.05, 4.69) is 15.9 Å². The molecule has 0 aliphatic carbocycles. The van der Waals surface area contributed by atoms with Crippen LogP contribution in [0.4, 0.5) is 0 Å². The average Bonchev–Trinajstić information content (AvgIpc) is 3.02. The summed E-state index contributed by atoms with van der Waals surface area (Å²) in [6.45, 7) is 3.05. The molecular formula is C31H29BrO14. The number of methoxy groups -OCH3 is 1. The Hall–Kier alpha value is -3.38. The number of phenols is 1. The zero-order chi connectivity index (χ0) is 32.8. The molecule has 0 bridgehead atoms. The van der Waals surface area contributed by atoms with Crippen molar-refractivity contribution in [1.29, 1.82) is 0 Å². The van der Waals surface area contributed by atoms with Crippen molar-refractivity contribution >= 4 is 59.4 Å². The van der Waals surface area contributed by atoms with E-state index in [0.717, 1.165) is 0 Å². The Labute approximate surface area is 266 Å². The number of aliphatic hydroxyl groups excluding tert-OH is 4. The van der Waals surface area contributed by atoms with E-state index in [1.165, 1.54) is 38.3 Å². The monoisotopic (exact) mass is 704 g/mol. The van der Waals surface area contributed by atoms with Crippen LogP contribution in [-0.4, -0.2) is 94.1 Å². The van der Waals surface area contributed by atoms with Crippen molar-refractivity contribution in [2.45, 2.75) is 75.3 Å². The van der Waals surface area contributed by atoms with Crippen LogP contribution in [0, 0.1) is 0 Å². The highest BCUT2D eigenvalue weighted by atomic mass is 79.9. The lowest BCUT2D eigenvalue weighted by Crippen LogP contribution is -2.64. The Morgan fingerprint density at radius 2 is 1.43 bits per heavy atom. The molecule has 2 aromatic heterocycles. The van der Waals surface area contributed by atoms with Gasteiger partial charge in [-0.15, -0.1) is 0 Å². The zero-order valence-corrected chi connectivity index (χ0v) is 26.0. The van der Waals surface area contributed by atoms with E-state index in [-0.39, 0.29) is 49.2 Å². The van der Waals surface area contributed by atoms with E-state index < -0.39 is 78.4 Å². The Morgan fingerprint density at radius 3 is 2.17 bits per heavy atom. The molecule has 0 radical (unpaired) electrons. The summed E-state index contributed by atoms with van der Waals surface area (Å²) < 4.78 is 40.7. The van der Waals surface area contributed by atoms with Gasteiger partial charge in [0.05, 0.1) is 23.0 Å². The molecule has 4 unspecified atom stereocenters. The molecule has 0 saturated carbocycles. The first kappa shape index (κ1) is 31.2. The minimum atomic E-state index is -1.61. The number of aromatic hydroxyl groups is 1. The van der Waals surface area contributed by atoms with E-state index >= 15 is 0 Å². The molecule has 2 aliphatic rings. The first-order valence-electron chi connectivity index (χ1n) is 14.4. The van der Waals surface area contributed by atoms with E-state index in [1.54, 1.807) is 13.0 Å². The molecule has 46 heavy (non-hydrogen) atoms. The van der Waals surface area contributed by atoms with E-state index in [4.69, 9.17) is 32.5 Å². The van der Waals surface area contributed by atoms with Crippen molar-refractivity contribution in [1.82, 2.24) is 0 Å². The molecule has 0 amide bonds. The van der Waals surface area contributed by atoms with Crippen LogP contribution in [0.25, 0.3) is 43.5 Å². The molecule has 10 atom stereocenters. The van der Waals surface area contributed by atoms with E-state index in [1.807, 2.05) is 0 Å². The summed E-state index contributed by atoms with van der Waals surface area (Å²) in [4.78, 5) is 26.4. The van der Waals surface area contributed by atoms with Gasteiger partial charge in [0.25, 0.3) is 0 Å². The third-order valence-electron chi connectivity index (χ3n) is 8.77. The molecule has 2 fully saturated rings. The zero-order valence-electron chi connectivity index (χ0n) is 24.4. The minimum absolute atomic E-state index is 0.00426. The third-order valence-corrected chi connectivity index (χ3v) is 9.43. The van der Waals surface area contributed by atoms with Gasteiger partial charge in [0.2, 0.25) is 6.29 Å². The maximum atomic E-state index is 13.3. The number of rotatable bonds is 5. The Balaban J connectivity index is 1.38. The Bertz CT molecular complexity index is 2070. The number of fused-ring (bicyclic) bond motifs is 2. The molecule has 244 valence electrons. The second kappa shape index (κ2) is 11.4. The number of hydrogen-bond acceptors (Lipinski definition) is 14. The summed E-state index contributed by atoms with van der Waals surface area (Å²) >= 11 is 3.35. The highest BCUT2D eigenvalue weighted by Crippen LogP contribution is 2.46. The number of benzene rings is 3. The molecule has 2 aliphatic heterocycles. The summed E-state index contributed by atoms with van der Waals surface area (Å²) in [5.41, 5.74) is -1.58. The smallest absolute Gasteiger partial charge is 0.348 e. The molecule has 14 nitrogen and oxygen atoms in total. The molecule has 0 spiro atoms. The van der Waals surface area contributed by atoms with Crippen LogP contribution in [0.1, 0.15) is 13.8 Å². The SMILES string of the molecule is COC1[C@@H](O)C(C)O[C@H](OC2[C@H](Oc3cccc4c(O)c5c(=O)oc6ccc(Br)c7c(=O)oc(c34)c5c67)OC(C)[C@H](O)[C@@H]2O)[C@@H]1O. The lowest BCUT2D eigenvalue weighted by molar-refractivity contribution is -0.353. The van der Waals surface area contributed by atoms with Gasteiger partial charge in [-0.1, -0.05) is 12.1 Å². The van der Waals surface area contributed by atoms with E-state index in [9.17, 15) is 35.1 Å². The highest BCUT2D eigenvalue weighted by Gasteiger charge is 2.50. The first-order valence-corrected chi connectivity index (χ1v) is 15.2. The molecule has 7 rings (SSSR count). The topological polar surface area (TPSA) is 208 Å². The first-order chi connectivity index (χ1) is 21.9. The maximum absolute atomic E-state index is 13.3. The van der Waals surface area contributed by atoms with Crippen LogP contribution in [0.3, 0.4) is 0 Å². The van der Waals surface area contributed by atoms with Crippen molar-refractivity contribution in [3.63, 3.8) is 0 Å². The van der Waals surface area contributed by atoms with Gasteiger partial charge in [0, 0.05) is 27.7 Å². The van der Waals surface area contributed by atoms with Crippen molar-refractivity contribution in [2.24, 2.45) is 0 Å². The second-order valence-corrected chi connectivity index (χ2v) is 12.3. The van der Waals surface area contributed by atoms with Gasteiger partial charge in [-0.2, -0.15) is 0 Å². The molecule has 2 saturated heterocycles. The molecule has 5 aromatic rings. The van der Waals surface area contributed by atoms with Gasteiger partial charge < -0.3 is 58.1 Å². The summed E-state index contributed by atoms with van der Waals surface area (Å²) in [7, 11) is 1.30. The predicted octanol–water partition coefficient (Wildman–Crippen LogP) is 1.82.